The van der Waals surface area contributed by atoms with Crippen LogP contribution in [0.1, 0.15) is 19.1 Å². The van der Waals surface area contributed by atoms with E-state index in [1.807, 2.05) is 0 Å². The van der Waals surface area contributed by atoms with Crippen molar-refractivity contribution in [2.45, 2.75) is 43.4 Å². The Kier molecular flexibility index (Phi) is 3.38. The van der Waals surface area contributed by atoms with Crippen molar-refractivity contribution in [2.24, 2.45) is 0 Å². The van der Waals surface area contributed by atoms with E-state index in [4.69, 9.17) is 10.5 Å². The maximum atomic E-state index is 12.2. The molecule has 0 spiro atoms. The molecule has 11 heteroatoms. The molecular weight excluding hydrogens is 320 g/mol. The molecular formula is C13H16N6O5. The minimum absolute atomic E-state index is 0.162. The topological polar surface area (TPSA) is 160 Å². The zero-order valence-electron chi connectivity index (χ0n) is 12.4. The number of nitrogens with two attached hydrogens (primary N) is 1. The van der Waals surface area contributed by atoms with Gasteiger partial charge in [-0.15, -0.1) is 0 Å². The largest absolute Gasteiger partial charge is 0.387 e. The number of aliphatic hydroxyl groups is 2. The first-order chi connectivity index (χ1) is 11.5. The highest BCUT2D eigenvalue weighted by Gasteiger charge is 2.50. The van der Waals surface area contributed by atoms with Gasteiger partial charge >= 0.3 is 0 Å². The van der Waals surface area contributed by atoms with Gasteiger partial charge < -0.3 is 20.7 Å². The lowest BCUT2D eigenvalue weighted by Crippen LogP contribution is -2.44. The normalized spacial score (nSPS) is 30.0. The van der Waals surface area contributed by atoms with Gasteiger partial charge in [-0.1, -0.05) is 0 Å². The smallest absolute Gasteiger partial charge is 0.278 e. The zero-order chi connectivity index (χ0) is 17.0. The average molecular weight is 336 g/mol. The highest BCUT2D eigenvalue weighted by molar-refractivity contribution is 5.82. The van der Waals surface area contributed by atoms with Crippen LogP contribution in [0, 0.1) is 0 Å². The van der Waals surface area contributed by atoms with Crippen LogP contribution in [0.25, 0.3) is 11.2 Å². The molecule has 4 rings (SSSR count). The molecule has 1 unspecified atom stereocenters. The number of carbonyl (C=O) groups excluding carboxylic acids is 1. The van der Waals surface area contributed by atoms with Gasteiger partial charge in [0.1, 0.15) is 24.1 Å². The van der Waals surface area contributed by atoms with Crippen molar-refractivity contribution in [1.82, 2.24) is 24.6 Å². The number of aromatic nitrogens is 4. The summed E-state index contributed by atoms with van der Waals surface area (Å²) in [5.74, 6) is -0.625. The molecule has 2 aromatic rings. The second-order valence-corrected chi connectivity index (χ2v) is 5.93. The second-order valence-electron chi connectivity index (χ2n) is 5.93. The van der Waals surface area contributed by atoms with Crippen LogP contribution in [0.4, 0.5) is 5.82 Å². The van der Waals surface area contributed by atoms with Crippen molar-refractivity contribution in [2.75, 3.05) is 5.73 Å². The number of hydroxylamine groups is 2. The van der Waals surface area contributed by atoms with Gasteiger partial charge in [0.15, 0.2) is 23.8 Å². The van der Waals surface area contributed by atoms with Gasteiger partial charge in [0.25, 0.3) is 5.91 Å². The summed E-state index contributed by atoms with van der Waals surface area (Å²) in [4.78, 5) is 24.1. The van der Waals surface area contributed by atoms with E-state index in [-0.39, 0.29) is 11.9 Å². The molecule has 3 heterocycles. The van der Waals surface area contributed by atoms with Crippen molar-refractivity contribution >= 4 is 22.9 Å². The van der Waals surface area contributed by atoms with Gasteiger partial charge in [0.2, 0.25) is 0 Å². The second kappa shape index (κ2) is 5.34. The molecule has 128 valence electrons. The summed E-state index contributed by atoms with van der Waals surface area (Å²) >= 11 is 0. The monoisotopic (exact) mass is 336 g/mol. The molecule has 11 nitrogen and oxygen atoms in total. The van der Waals surface area contributed by atoms with E-state index in [2.05, 4.69) is 15.0 Å². The number of amides is 1. The van der Waals surface area contributed by atoms with Crippen LogP contribution in [0.5, 0.6) is 0 Å². The van der Waals surface area contributed by atoms with Gasteiger partial charge in [0, 0.05) is 0 Å². The summed E-state index contributed by atoms with van der Waals surface area (Å²) < 4.78 is 6.88. The van der Waals surface area contributed by atoms with Crippen molar-refractivity contribution in [1.29, 1.82) is 0 Å². The van der Waals surface area contributed by atoms with Gasteiger partial charge in [-0.2, -0.15) is 0 Å². The Hall–Kier alpha value is -2.34. The first-order valence-electron chi connectivity index (χ1n) is 7.45. The molecule has 4 atom stereocenters. The molecule has 5 N–H and O–H groups in total. The van der Waals surface area contributed by atoms with Crippen LogP contribution < -0.4 is 5.73 Å². The third kappa shape index (κ3) is 2.21. The lowest BCUT2D eigenvalue weighted by molar-refractivity contribution is -0.184. The van der Waals surface area contributed by atoms with Gasteiger partial charge in [-0.05, 0) is 12.8 Å². The molecule has 0 aromatic carbocycles. The summed E-state index contributed by atoms with van der Waals surface area (Å²) in [7, 11) is 0. The number of rotatable bonds is 3. The Labute approximate surface area is 135 Å². The SMILES string of the molecule is Nc1ncnc2c1ncn2C1O[C@H](C(=O)N(O)C2CC2)[C@@H](O)[C@H]1O. The van der Waals surface area contributed by atoms with Gasteiger partial charge in [-0.3, -0.25) is 14.6 Å². The van der Waals surface area contributed by atoms with E-state index in [0.29, 0.717) is 29.1 Å². The zero-order valence-corrected chi connectivity index (χ0v) is 12.4. The Morgan fingerprint density at radius 3 is 2.75 bits per heavy atom. The number of nitrogens with zero attached hydrogens (tertiary/aromatic N) is 5. The van der Waals surface area contributed by atoms with E-state index in [0.717, 1.165) is 0 Å². The first-order valence-corrected chi connectivity index (χ1v) is 7.45. The third-order valence-corrected chi connectivity index (χ3v) is 4.26. The van der Waals surface area contributed by atoms with E-state index in [1.165, 1.54) is 17.2 Å². The predicted molar refractivity (Wildman–Crippen MR) is 77.3 cm³/mol. The van der Waals surface area contributed by atoms with E-state index >= 15 is 0 Å². The van der Waals surface area contributed by atoms with Crippen molar-refractivity contribution in [3.63, 3.8) is 0 Å². The Balaban J connectivity index is 1.64. The van der Waals surface area contributed by atoms with Crippen LogP contribution >= 0.6 is 0 Å². The standard InChI is InChI=1S/C13H16N6O5/c14-10-6-11(16-3-15-10)18(4-17-6)13-8(21)7(20)9(24-13)12(22)19(23)5-1-2-5/h3-5,7-9,13,20-21,23H,1-2H2,(H2,14,15,16)/t7-,8+,9-,13?/m0/s1. The lowest BCUT2D eigenvalue weighted by Gasteiger charge is -2.20. The Bertz CT molecular complexity index is 792. The quantitative estimate of drug-likeness (QED) is 0.382. The first kappa shape index (κ1) is 15.2. The Morgan fingerprint density at radius 2 is 2.04 bits per heavy atom. The molecule has 2 aromatic heterocycles. The van der Waals surface area contributed by atoms with Gasteiger partial charge in [-0.25, -0.2) is 20.0 Å². The molecule has 2 aliphatic rings. The van der Waals surface area contributed by atoms with E-state index < -0.39 is 30.4 Å². The van der Waals surface area contributed by atoms with E-state index in [9.17, 15) is 20.2 Å². The van der Waals surface area contributed by atoms with E-state index in [1.54, 1.807) is 0 Å². The molecule has 1 amide bonds. The average Bonchev–Trinajstić information content (AvgIpc) is 3.27. The number of imidazole rings is 1. The molecule has 1 saturated carbocycles. The third-order valence-electron chi connectivity index (χ3n) is 4.26. The summed E-state index contributed by atoms with van der Waals surface area (Å²) in [6, 6.07) is -0.258. The molecule has 1 aliphatic carbocycles. The highest BCUT2D eigenvalue weighted by atomic mass is 16.6. The Morgan fingerprint density at radius 1 is 1.29 bits per heavy atom. The van der Waals surface area contributed by atoms with Crippen molar-refractivity contribution < 1.29 is 25.0 Å². The van der Waals surface area contributed by atoms with Crippen molar-refractivity contribution in [3.05, 3.63) is 12.7 Å². The number of aliphatic hydroxyl groups excluding tert-OH is 2. The summed E-state index contributed by atoms with van der Waals surface area (Å²) in [5.41, 5.74) is 6.33. The molecule has 0 radical (unpaired) electrons. The number of anilines is 1. The maximum absolute atomic E-state index is 12.2. The number of ether oxygens (including phenoxy) is 1. The number of hydrogen-bond donors (Lipinski definition) is 4. The number of carbonyl (C=O) groups is 1. The number of nitrogen functional groups attached to an aromatic ring is 1. The molecule has 1 aliphatic heterocycles. The van der Waals surface area contributed by atoms with Crippen LogP contribution in [0.15, 0.2) is 12.7 Å². The fraction of sp³-hybridized carbons (Fsp3) is 0.538. The predicted octanol–water partition coefficient (Wildman–Crippen LogP) is -1.59. The van der Waals surface area contributed by atoms with Crippen LogP contribution in [-0.2, 0) is 9.53 Å². The van der Waals surface area contributed by atoms with Crippen molar-refractivity contribution in [3.8, 4) is 0 Å². The highest BCUT2D eigenvalue weighted by Crippen LogP contribution is 2.34. The minimum atomic E-state index is -1.49. The molecule has 0 bridgehead atoms. The number of fused-ring (bicyclic) bond motifs is 1. The lowest BCUT2D eigenvalue weighted by atomic mass is 10.1. The maximum Gasteiger partial charge on any atom is 0.278 e. The number of hydrogen-bond acceptors (Lipinski definition) is 9. The molecule has 1 saturated heterocycles. The molecule has 24 heavy (non-hydrogen) atoms. The minimum Gasteiger partial charge on any atom is -0.387 e. The summed E-state index contributed by atoms with van der Waals surface area (Å²) in [5, 5.41) is 30.8. The van der Waals surface area contributed by atoms with Gasteiger partial charge in [0.05, 0.1) is 12.4 Å². The fourth-order valence-corrected chi connectivity index (χ4v) is 2.78. The fourth-order valence-electron chi connectivity index (χ4n) is 2.78. The summed E-state index contributed by atoms with van der Waals surface area (Å²) in [6.45, 7) is 0. The van der Waals surface area contributed by atoms with Crippen LogP contribution in [0.3, 0.4) is 0 Å². The van der Waals surface area contributed by atoms with Crippen LogP contribution in [0.2, 0.25) is 0 Å². The van der Waals surface area contributed by atoms with Crippen LogP contribution in [-0.4, -0.2) is 70.3 Å². The molecule has 2 fully saturated rings. The summed E-state index contributed by atoms with van der Waals surface area (Å²) in [6.07, 6.45) is -1.42.